The van der Waals surface area contributed by atoms with E-state index in [2.05, 4.69) is 9.71 Å². The van der Waals surface area contributed by atoms with Crippen molar-refractivity contribution in [2.45, 2.75) is 82.9 Å². The lowest BCUT2D eigenvalue weighted by Crippen LogP contribution is -2.32. The second-order valence-electron chi connectivity index (χ2n) is 8.81. The Morgan fingerprint density at radius 1 is 1.17 bits per heavy atom. The number of halogens is 1. The van der Waals surface area contributed by atoms with Crippen LogP contribution in [0, 0.1) is 5.82 Å². The molecule has 0 saturated heterocycles. The van der Waals surface area contributed by atoms with Gasteiger partial charge >= 0.3 is 0 Å². The van der Waals surface area contributed by atoms with Crippen LogP contribution >= 0.6 is 11.3 Å². The van der Waals surface area contributed by atoms with Crippen molar-refractivity contribution in [1.82, 2.24) is 9.71 Å². The summed E-state index contributed by atoms with van der Waals surface area (Å²) in [4.78, 5) is 17.6. The molecule has 1 aromatic heterocycles. The maximum absolute atomic E-state index is 14.1. The van der Waals surface area contributed by atoms with Crippen molar-refractivity contribution >= 4 is 27.3 Å². The first-order chi connectivity index (χ1) is 13.8. The van der Waals surface area contributed by atoms with Gasteiger partial charge in [0.2, 0.25) is 10.2 Å². The molecule has 0 aliphatic heterocycles. The molecule has 1 amide bonds. The smallest absolute Gasteiger partial charge is 0.274 e. The van der Waals surface area contributed by atoms with E-state index in [-0.39, 0.29) is 33.8 Å². The number of benzene rings is 1. The fourth-order valence-electron chi connectivity index (χ4n) is 3.17. The first kappa shape index (κ1) is 24.5. The third-order valence-electron chi connectivity index (χ3n) is 5.38. The van der Waals surface area contributed by atoms with Gasteiger partial charge in [0.25, 0.3) is 10.0 Å². The van der Waals surface area contributed by atoms with Crippen LogP contribution in [-0.2, 0) is 26.7 Å². The molecule has 2 aromatic rings. The molecule has 0 bridgehead atoms. The molecular formula is C22H31FN2O3S2. The van der Waals surface area contributed by atoms with Crippen LogP contribution < -0.4 is 4.72 Å². The SMILES string of the molecule is CCC(C)(C)c1cnc(S(=O)(=O)NC(=O)Cc2c(C(C)C)cc(F)cc2C(C)C)s1. The maximum Gasteiger partial charge on any atom is 0.291 e. The Hall–Kier alpha value is -1.80. The van der Waals surface area contributed by atoms with Gasteiger partial charge in [0.1, 0.15) is 5.82 Å². The molecule has 8 heteroatoms. The highest BCUT2D eigenvalue weighted by Gasteiger charge is 2.28. The van der Waals surface area contributed by atoms with Gasteiger partial charge < -0.3 is 0 Å². The zero-order valence-corrected chi connectivity index (χ0v) is 20.3. The van der Waals surface area contributed by atoms with Crippen LogP contribution in [0.3, 0.4) is 0 Å². The molecule has 0 aliphatic carbocycles. The van der Waals surface area contributed by atoms with Crippen molar-refractivity contribution in [3.63, 3.8) is 0 Å². The number of hydrogen-bond acceptors (Lipinski definition) is 5. The molecule has 1 N–H and O–H groups in total. The predicted octanol–water partition coefficient (Wildman–Crippen LogP) is 5.26. The fourth-order valence-corrected chi connectivity index (χ4v) is 5.48. The van der Waals surface area contributed by atoms with E-state index >= 15 is 0 Å². The minimum Gasteiger partial charge on any atom is -0.274 e. The molecule has 0 saturated carbocycles. The Labute approximate surface area is 183 Å². The summed E-state index contributed by atoms with van der Waals surface area (Å²) in [7, 11) is -4.07. The van der Waals surface area contributed by atoms with Gasteiger partial charge in [-0.3, -0.25) is 4.79 Å². The van der Waals surface area contributed by atoms with Gasteiger partial charge in [-0.15, -0.1) is 11.3 Å². The number of carbonyl (C=O) groups excluding carboxylic acids is 1. The number of rotatable bonds is 8. The van der Waals surface area contributed by atoms with E-state index in [4.69, 9.17) is 0 Å². The molecule has 166 valence electrons. The Kier molecular flexibility index (Phi) is 7.45. The topological polar surface area (TPSA) is 76.1 Å². The molecule has 0 unspecified atom stereocenters. The van der Waals surface area contributed by atoms with Crippen LogP contribution in [0.5, 0.6) is 0 Å². The highest BCUT2D eigenvalue weighted by Crippen LogP contribution is 2.33. The second kappa shape index (κ2) is 9.14. The van der Waals surface area contributed by atoms with Crippen molar-refractivity contribution in [2.75, 3.05) is 0 Å². The quantitative estimate of drug-likeness (QED) is 0.590. The van der Waals surface area contributed by atoms with E-state index in [9.17, 15) is 17.6 Å². The van der Waals surface area contributed by atoms with E-state index in [1.54, 1.807) is 6.20 Å². The number of thiazole rings is 1. The van der Waals surface area contributed by atoms with Crippen LogP contribution in [0.25, 0.3) is 0 Å². The summed E-state index contributed by atoms with van der Waals surface area (Å²) < 4.78 is 41.5. The predicted molar refractivity (Wildman–Crippen MR) is 119 cm³/mol. The number of nitrogens with zero attached hydrogens (tertiary/aromatic N) is 1. The lowest BCUT2D eigenvalue weighted by atomic mass is 9.87. The average Bonchev–Trinajstić information content (AvgIpc) is 3.14. The summed E-state index contributed by atoms with van der Waals surface area (Å²) in [5, 5.41) is 0. The van der Waals surface area contributed by atoms with E-state index in [1.807, 2.05) is 48.5 Å². The maximum atomic E-state index is 14.1. The molecule has 1 aromatic carbocycles. The number of nitrogens with one attached hydrogen (secondary N) is 1. The number of aromatic nitrogens is 1. The molecular weight excluding hydrogens is 423 g/mol. The molecule has 30 heavy (non-hydrogen) atoms. The summed E-state index contributed by atoms with van der Waals surface area (Å²) in [5.74, 6) is -1.02. The van der Waals surface area contributed by atoms with E-state index in [0.717, 1.165) is 22.6 Å². The van der Waals surface area contributed by atoms with Gasteiger partial charge in [0, 0.05) is 16.5 Å². The largest absolute Gasteiger partial charge is 0.291 e. The first-order valence-electron chi connectivity index (χ1n) is 10.1. The standard InChI is InChI=1S/C22H31FN2O3S2/c1-8-22(6,7)19-12-24-21(29-19)30(27,28)25-20(26)11-18-16(13(2)3)9-15(23)10-17(18)14(4)5/h9-10,12-14H,8,11H2,1-7H3,(H,25,26). The van der Waals surface area contributed by atoms with Gasteiger partial charge in [-0.05, 0) is 47.1 Å². The normalized spacial score (nSPS) is 12.6. The van der Waals surface area contributed by atoms with Crippen molar-refractivity contribution in [3.8, 4) is 0 Å². The molecule has 0 radical (unpaired) electrons. The van der Waals surface area contributed by atoms with Gasteiger partial charge in [0.15, 0.2) is 0 Å². The summed E-state index contributed by atoms with van der Waals surface area (Å²) in [6, 6.07) is 2.85. The highest BCUT2D eigenvalue weighted by molar-refractivity contribution is 7.92. The Morgan fingerprint density at radius 3 is 2.17 bits per heavy atom. The van der Waals surface area contributed by atoms with Gasteiger partial charge in [0.05, 0.1) is 6.42 Å². The second-order valence-corrected chi connectivity index (χ2v) is 11.7. The number of hydrogen-bond donors (Lipinski definition) is 1. The van der Waals surface area contributed by atoms with Gasteiger partial charge in [-0.25, -0.2) is 14.1 Å². The van der Waals surface area contributed by atoms with Crippen molar-refractivity contribution in [1.29, 1.82) is 0 Å². The summed E-state index contributed by atoms with van der Waals surface area (Å²) >= 11 is 1.07. The Bertz CT molecular complexity index is 996. The molecule has 0 aliphatic rings. The minimum atomic E-state index is -4.07. The van der Waals surface area contributed by atoms with Crippen molar-refractivity contribution < 1.29 is 17.6 Å². The zero-order chi connectivity index (χ0) is 22.9. The molecule has 0 atom stereocenters. The summed E-state index contributed by atoms with van der Waals surface area (Å²) in [5.41, 5.74) is 1.92. The van der Waals surface area contributed by atoms with Crippen molar-refractivity contribution in [3.05, 3.63) is 45.7 Å². The summed E-state index contributed by atoms with van der Waals surface area (Å²) in [6.07, 6.45) is 2.25. The molecule has 0 fully saturated rings. The molecule has 2 rings (SSSR count). The third kappa shape index (κ3) is 5.46. The van der Waals surface area contributed by atoms with E-state index in [0.29, 0.717) is 16.7 Å². The highest BCUT2D eigenvalue weighted by atomic mass is 32.2. The Morgan fingerprint density at radius 2 is 1.70 bits per heavy atom. The van der Waals surface area contributed by atoms with Gasteiger partial charge in [-0.2, -0.15) is 8.42 Å². The van der Waals surface area contributed by atoms with Crippen molar-refractivity contribution in [2.24, 2.45) is 0 Å². The van der Waals surface area contributed by atoms with Crippen LogP contribution in [0.15, 0.2) is 22.7 Å². The van der Waals surface area contributed by atoms with E-state index < -0.39 is 15.9 Å². The van der Waals surface area contributed by atoms with Crippen LogP contribution in [-0.4, -0.2) is 19.3 Å². The first-order valence-corrected chi connectivity index (χ1v) is 12.4. The fraction of sp³-hybridized carbons (Fsp3) is 0.545. The van der Waals surface area contributed by atoms with Gasteiger partial charge in [-0.1, -0.05) is 48.5 Å². The molecule has 1 heterocycles. The van der Waals surface area contributed by atoms with Crippen LogP contribution in [0.4, 0.5) is 4.39 Å². The number of amides is 1. The van der Waals surface area contributed by atoms with E-state index in [1.165, 1.54) is 12.1 Å². The summed E-state index contributed by atoms with van der Waals surface area (Å²) in [6.45, 7) is 13.7. The lowest BCUT2D eigenvalue weighted by molar-refractivity contribution is -0.118. The minimum absolute atomic E-state index is 0.00426. The molecule has 0 spiro atoms. The lowest BCUT2D eigenvalue weighted by Gasteiger charge is -2.20. The average molecular weight is 455 g/mol. The van der Waals surface area contributed by atoms with Crippen LogP contribution in [0.2, 0.25) is 0 Å². The number of sulfonamides is 1. The monoisotopic (exact) mass is 454 g/mol. The zero-order valence-electron chi connectivity index (χ0n) is 18.7. The molecule has 5 nitrogen and oxygen atoms in total. The number of carbonyl (C=O) groups is 1. The van der Waals surface area contributed by atoms with Crippen LogP contribution in [0.1, 0.15) is 88.3 Å². The third-order valence-corrected chi connectivity index (χ3v) is 8.51. The Balaban J connectivity index is 2.32.